The average molecular weight is 309 g/mol. The Morgan fingerprint density at radius 1 is 1.26 bits per heavy atom. The highest BCUT2D eigenvalue weighted by Crippen LogP contribution is 2.39. The van der Waals surface area contributed by atoms with E-state index in [1.165, 1.54) is 6.20 Å². The SMILES string of the molecule is COc1ccc(N2CCC3(O)C(=O)c4ccncc4N=C23)cc1. The van der Waals surface area contributed by atoms with Crippen LogP contribution in [0.2, 0.25) is 0 Å². The summed E-state index contributed by atoms with van der Waals surface area (Å²) in [6.07, 6.45) is 3.40. The van der Waals surface area contributed by atoms with Gasteiger partial charge in [0.2, 0.25) is 5.78 Å². The number of rotatable bonds is 2. The number of nitrogens with zero attached hydrogens (tertiary/aromatic N) is 3. The maximum Gasteiger partial charge on any atom is 0.204 e. The van der Waals surface area contributed by atoms with Gasteiger partial charge < -0.3 is 14.7 Å². The highest BCUT2D eigenvalue weighted by molar-refractivity contribution is 6.28. The number of amidine groups is 1. The van der Waals surface area contributed by atoms with Crippen LogP contribution in [-0.2, 0) is 0 Å². The van der Waals surface area contributed by atoms with Crippen LogP contribution in [0, 0.1) is 0 Å². The maximum atomic E-state index is 12.7. The van der Waals surface area contributed by atoms with Gasteiger partial charge in [-0.25, -0.2) is 4.99 Å². The Morgan fingerprint density at radius 2 is 2.04 bits per heavy atom. The number of hydrogen-bond acceptors (Lipinski definition) is 6. The topological polar surface area (TPSA) is 75.0 Å². The first-order valence-electron chi connectivity index (χ1n) is 7.35. The third-order valence-electron chi connectivity index (χ3n) is 4.35. The van der Waals surface area contributed by atoms with Gasteiger partial charge in [0.1, 0.15) is 11.6 Å². The van der Waals surface area contributed by atoms with E-state index in [2.05, 4.69) is 9.98 Å². The molecule has 1 aromatic heterocycles. The van der Waals surface area contributed by atoms with Crippen LogP contribution in [0.4, 0.5) is 11.4 Å². The number of aliphatic hydroxyl groups is 1. The number of fused-ring (bicyclic) bond motifs is 2. The molecule has 1 N–H and O–H groups in total. The number of methoxy groups -OCH3 is 1. The molecule has 0 radical (unpaired) electrons. The first-order valence-corrected chi connectivity index (χ1v) is 7.35. The standard InChI is InChI=1S/C17H15N3O3/c1-23-12-4-2-11(3-5-12)20-9-7-17(22)15(21)13-6-8-18-10-14(13)19-16(17)20/h2-6,8,10,22H,7,9H2,1H3. The second-order valence-corrected chi connectivity index (χ2v) is 5.62. The number of ketones is 1. The zero-order chi connectivity index (χ0) is 16.0. The van der Waals surface area contributed by atoms with E-state index >= 15 is 0 Å². The number of Topliss-reactive ketones (excluding diaryl/α,β-unsaturated/α-hetero) is 1. The highest BCUT2D eigenvalue weighted by Gasteiger charge is 2.52. The van der Waals surface area contributed by atoms with Gasteiger partial charge >= 0.3 is 0 Å². The van der Waals surface area contributed by atoms with Crippen molar-refractivity contribution in [3.63, 3.8) is 0 Å². The Labute approximate surface area is 133 Å². The fourth-order valence-electron chi connectivity index (χ4n) is 3.10. The van der Waals surface area contributed by atoms with E-state index in [0.29, 0.717) is 30.1 Å². The summed E-state index contributed by atoms with van der Waals surface area (Å²) in [5, 5.41) is 10.9. The third kappa shape index (κ3) is 1.95. The number of aliphatic imine (C=N–C) groups is 1. The largest absolute Gasteiger partial charge is 0.497 e. The van der Waals surface area contributed by atoms with Crippen molar-refractivity contribution in [3.05, 3.63) is 48.3 Å². The Balaban J connectivity index is 1.81. The molecule has 1 fully saturated rings. The van der Waals surface area contributed by atoms with Crippen LogP contribution < -0.4 is 9.64 Å². The van der Waals surface area contributed by atoms with Crippen molar-refractivity contribution in [2.75, 3.05) is 18.6 Å². The van der Waals surface area contributed by atoms with Crippen molar-refractivity contribution in [3.8, 4) is 5.75 Å². The number of aromatic nitrogens is 1. The van der Waals surface area contributed by atoms with Crippen LogP contribution in [0.15, 0.2) is 47.7 Å². The Kier molecular flexibility index (Phi) is 2.96. The molecule has 6 heteroatoms. The molecule has 0 spiro atoms. The van der Waals surface area contributed by atoms with Gasteiger partial charge in [-0.2, -0.15) is 0 Å². The lowest BCUT2D eigenvalue weighted by atomic mass is 9.88. The maximum absolute atomic E-state index is 12.7. The van der Waals surface area contributed by atoms with Gasteiger partial charge in [0.15, 0.2) is 5.60 Å². The van der Waals surface area contributed by atoms with Gasteiger partial charge in [-0.3, -0.25) is 9.78 Å². The van der Waals surface area contributed by atoms with Crippen molar-refractivity contribution in [1.29, 1.82) is 0 Å². The molecule has 4 rings (SSSR count). The minimum absolute atomic E-state index is 0.309. The molecule has 23 heavy (non-hydrogen) atoms. The van der Waals surface area contributed by atoms with Crippen LogP contribution in [-0.4, -0.2) is 41.0 Å². The monoisotopic (exact) mass is 309 g/mol. The summed E-state index contributed by atoms with van der Waals surface area (Å²) in [6.45, 7) is 0.523. The molecule has 2 aliphatic heterocycles. The smallest absolute Gasteiger partial charge is 0.204 e. The van der Waals surface area contributed by atoms with Gasteiger partial charge in [-0.05, 0) is 30.3 Å². The summed E-state index contributed by atoms with van der Waals surface area (Å²) in [7, 11) is 1.61. The fraction of sp³-hybridized carbons (Fsp3) is 0.235. The molecule has 0 bridgehead atoms. The molecule has 0 amide bonds. The quantitative estimate of drug-likeness (QED) is 0.918. The van der Waals surface area contributed by atoms with Crippen molar-refractivity contribution in [2.24, 2.45) is 4.99 Å². The summed E-state index contributed by atoms with van der Waals surface area (Å²) < 4.78 is 5.16. The van der Waals surface area contributed by atoms with Crippen LogP contribution in [0.25, 0.3) is 0 Å². The summed E-state index contributed by atoms with van der Waals surface area (Å²) in [6, 6.07) is 9.06. The normalized spacial score (nSPS) is 22.4. The zero-order valence-electron chi connectivity index (χ0n) is 12.6. The predicted molar refractivity (Wildman–Crippen MR) is 85.6 cm³/mol. The molecule has 0 saturated carbocycles. The number of ether oxygens (including phenoxy) is 1. The molecule has 2 aromatic rings. The highest BCUT2D eigenvalue weighted by atomic mass is 16.5. The lowest BCUT2D eigenvalue weighted by Crippen LogP contribution is -2.48. The van der Waals surface area contributed by atoms with Gasteiger partial charge in [0.25, 0.3) is 0 Å². The van der Waals surface area contributed by atoms with E-state index in [0.717, 1.165) is 11.4 Å². The number of carbonyl (C=O) groups excluding carboxylic acids is 1. The van der Waals surface area contributed by atoms with E-state index in [4.69, 9.17) is 4.74 Å². The first-order chi connectivity index (χ1) is 11.1. The average Bonchev–Trinajstić information content (AvgIpc) is 2.93. The molecule has 1 saturated heterocycles. The Morgan fingerprint density at radius 3 is 2.78 bits per heavy atom. The summed E-state index contributed by atoms with van der Waals surface area (Å²) in [4.78, 5) is 23.1. The van der Waals surface area contributed by atoms with Crippen molar-refractivity contribution >= 4 is 23.0 Å². The van der Waals surface area contributed by atoms with E-state index < -0.39 is 5.60 Å². The number of benzene rings is 1. The van der Waals surface area contributed by atoms with Gasteiger partial charge in [0.05, 0.1) is 24.6 Å². The molecule has 3 heterocycles. The van der Waals surface area contributed by atoms with E-state index in [1.54, 1.807) is 19.4 Å². The third-order valence-corrected chi connectivity index (χ3v) is 4.35. The lowest BCUT2D eigenvalue weighted by Gasteiger charge is -2.29. The minimum atomic E-state index is -1.56. The second-order valence-electron chi connectivity index (χ2n) is 5.62. The number of hydrogen-bond donors (Lipinski definition) is 1. The van der Waals surface area contributed by atoms with Crippen molar-refractivity contribution in [1.82, 2.24) is 4.98 Å². The van der Waals surface area contributed by atoms with Crippen molar-refractivity contribution in [2.45, 2.75) is 12.0 Å². The van der Waals surface area contributed by atoms with Crippen LogP contribution in [0.1, 0.15) is 16.8 Å². The van der Waals surface area contributed by atoms with E-state index in [1.807, 2.05) is 29.2 Å². The Hall–Kier alpha value is -2.73. The molecule has 116 valence electrons. The molecular formula is C17H15N3O3. The fourth-order valence-corrected chi connectivity index (χ4v) is 3.10. The lowest BCUT2D eigenvalue weighted by molar-refractivity contribution is 0.0602. The van der Waals surface area contributed by atoms with Gasteiger partial charge in [0, 0.05) is 24.8 Å². The minimum Gasteiger partial charge on any atom is -0.497 e. The number of pyridine rings is 1. The van der Waals surface area contributed by atoms with Gasteiger partial charge in [-0.15, -0.1) is 0 Å². The first kappa shape index (κ1) is 13.9. The summed E-state index contributed by atoms with van der Waals surface area (Å²) in [5.41, 5.74) is 0.218. The molecule has 6 nitrogen and oxygen atoms in total. The molecule has 0 aliphatic carbocycles. The Bertz CT molecular complexity index is 816. The molecule has 1 atom stereocenters. The van der Waals surface area contributed by atoms with E-state index in [9.17, 15) is 9.90 Å². The molecule has 1 unspecified atom stereocenters. The molecular weight excluding hydrogens is 294 g/mol. The second kappa shape index (κ2) is 4.89. The van der Waals surface area contributed by atoms with Crippen LogP contribution in [0.3, 0.4) is 0 Å². The van der Waals surface area contributed by atoms with E-state index in [-0.39, 0.29) is 5.78 Å². The van der Waals surface area contributed by atoms with Crippen LogP contribution >= 0.6 is 0 Å². The summed E-state index contributed by atoms with van der Waals surface area (Å²) >= 11 is 0. The van der Waals surface area contributed by atoms with Crippen molar-refractivity contribution < 1.29 is 14.6 Å². The predicted octanol–water partition coefficient (Wildman–Crippen LogP) is 1.96. The zero-order valence-corrected chi connectivity index (χ0v) is 12.6. The number of carbonyl (C=O) groups is 1. The summed E-state index contributed by atoms with van der Waals surface area (Å²) in [5.74, 6) is 0.809. The number of anilines is 1. The molecule has 2 aliphatic rings. The van der Waals surface area contributed by atoms with Gasteiger partial charge in [-0.1, -0.05) is 0 Å². The van der Waals surface area contributed by atoms with Crippen LogP contribution in [0.5, 0.6) is 5.75 Å². The molecule has 1 aromatic carbocycles.